The monoisotopic (exact) mass is 344 g/mol. The molecule has 2 aliphatic rings. The summed E-state index contributed by atoms with van der Waals surface area (Å²) < 4.78 is 21.8. The van der Waals surface area contributed by atoms with E-state index in [9.17, 15) is 9.59 Å². The van der Waals surface area contributed by atoms with Crippen LogP contribution in [0.3, 0.4) is 0 Å². The van der Waals surface area contributed by atoms with E-state index >= 15 is 0 Å². The van der Waals surface area contributed by atoms with Gasteiger partial charge in [0, 0.05) is 13.1 Å². The van der Waals surface area contributed by atoms with Crippen molar-refractivity contribution in [2.24, 2.45) is 0 Å². The maximum absolute atomic E-state index is 12.3. The van der Waals surface area contributed by atoms with E-state index in [4.69, 9.17) is 18.9 Å². The van der Waals surface area contributed by atoms with Crippen molar-refractivity contribution in [2.75, 3.05) is 32.9 Å². The minimum atomic E-state index is -0.759. The first-order valence-corrected chi connectivity index (χ1v) is 8.23. The third kappa shape index (κ3) is 5.61. The summed E-state index contributed by atoms with van der Waals surface area (Å²) in [6.45, 7) is 10.7. The van der Waals surface area contributed by atoms with Crippen LogP contribution < -0.4 is 5.32 Å². The van der Waals surface area contributed by atoms with Crippen molar-refractivity contribution in [2.45, 2.75) is 58.2 Å². The van der Waals surface area contributed by atoms with E-state index in [1.165, 1.54) is 0 Å². The summed E-state index contributed by atoms with van der Waals surface area (Å²) in [6.07, 6.45) is -1.06. The van der Waals surface area contributed by atoms with Crippen LogP contribution >= 0.6 is 0 Å². The van der Waals surface area contributed by atoms with Gasteiger partial charge in [-0.2, -0.15) is 0 Å². The van der Waals surface area contributed by atoms with Gasteiger partial charge in [0.15, 0.2) is 11.9 Å². The van der Waals surface area contributed by atoms with E-state index < -0.39 is 23.6 Å². The highest BCUT2D eigenvalue weighted by Crippen LogP contribution is 2.22. The van der Waals surface area contributed by atoms with Crippen LogP contribution in [0.4, 0.5) is 4.79 Å². The molecule has 0 radical (unpaired) electrons. The molecule has 2 saturated heterocycles. The molecule has 138 valence electrons. The number of rotatable bonds is 2. The van der Waals surface area contributed by atoms with E-state index in [-0.39, 0.29) is 18.6 Å². The second-order valence-electron chi connectivity index (χ2n) is 7.52. The number of hydrogen-bond donors (Lipinski definition) is 1. The zero-order chi connectivity index (χ0) is 18.0. The van der Waals surface area contributed by atoms with E-state index in [1.807, 2.05) is 20.8 Å². The fourth-order valence-corrected chi connectivity index (χ4v) is 2.50. The van der Waals surface area contributed by atoms with E-state index in [0.717, 1.165) is 0 Å². The van der Waals surface area contributed by atoms with Crippen molar-refractivity contribution in [3.63, 3.8) is 0 Å². The minimum Gasteiger partial charge on any atom is -0.444 e. The van der Waals surface area contributed by atoms with Gasteiger partial charge in [0.25, 0.3) is 5.91 Å². The quantitative estimate of drug-likeness (QED) is 0.801. The van der Waals surface area contributed by atoms with Gasteiger partial charge >= 0.3 is 6.09 Å². The molecule has 2 amide bonds. The Morgan fingerprint density at radius 1 is 1.25 bits per heavy atom. The Morgan fingerprint density at radius 2 is 1.96 bits per heavy atom. The molecule has 0 aromatic heterocycles. The van der Waals surface area contributed by atoms with E-state index in [1.54, 1.807) is 18.7 Å². The molecule has 0 bridgehead atoms. The SMILES string of the molecule is CC(C)(C)OC(=O)N1CCOCC(NC(=O)C2COC(C)(C)O2)C1. The third-order valence-electron chi connectivity index (χ3n) is 3.56. The first-order valence-electron chi connectivity index (χ1n) is 8.23. The molecule has 2 unspecified atom stereocenters. The first kappa shape index (κ1) is 19.0. The highest BCUT2D eigenvalue weighted by molar-refractivity contribution is 5.81. The summed E-state index contributed by atoms with van der Waals surface area (Å²) in [6, 6.07) is -0.320. The molecule has 1 N–H and O–H groups in total. The Balaban J connectivity index is 1.90. The summed E-state index contributed by atoms with van der Waals surface area (Å²) in [4.78, 5) is 26.1. The molecule has 0 aromatic carbocycles. The smallest absolute Gasteiger partial charge is 0.410 e. The molecule has 0 aromatic rings. The fraction of sp³-hybridized carbons (Fsp3) is 0.875. The molecular weight excluding hydrogens is 316 g/mol. The van der Waals surface area contributed by atoms with Crippen LogP contribution in [-0.2, 0) is 23.7 Å². The summed E-state index contributed by atoms with van der Waals surface area (Å²) >= 11 is 0. The molecule has 2 aliphatic heterocycles. The number of ether oxygens (including phenoxy) is 4. The van der Waals surface area contributed by atoms with Gasteiger partial charge in [-0.1, -0.05) is 0 Å². The third-order valence-corrected chi connectivity index (χ3v) is 3.56. The molecular formula is C16H28N2O6. The lowest BCUT2D eigenvalue weighted by Gasteiger charge is -2.28. The lowest BCUT2D eigenvalue weighted by Crippen LogP contribution is -2.50. The van der Waals surface area contributed by atoms with Crippen molar-refractivity contribution in [3.8, 4) is 0 Å². The van der Waals surface area contributed by atoms with Gasteiger partial charge in [0.2, 0.25) is 0 Å². The molecule has 2 rings (SSSR count). The Morgan fingerprint density at radius 3 is 2.54 bits per heavy atom. The molecule has 0 saturated carbocycles. The van der Waals surface area contributed by atoms with Crippen LogP contribution in [0.1, 0.15) is 34.6 Å². The predicted octanol–water partition coefficient (Wildman–Crippen LogP) is 0.890. The Labute approximate surface area is 142 Å². The van der Waals surface area contributed by atoms with Crippen LogP contribution in [0.15, 0.2) is 0 Å². The van der Waals surface area contributed by atoms with Crippen LogP contribution in [0.5, 0.6) is 0 Å². The second kappa shape index (κ2) is 7.25. The number of amides is 2. The van der Waals surface area contributed by atoms with Crippen LogP contribution in [0.2, 0.25) is 0 Å². The minimum absolute atomic E-state index is 0.211. The van der Waals surface area contributed by atoms with Gasteiger partial charge in [-0.3, -0.25) is 4.79 Å². The number of nitrogens with one attached hydrogen (secondary N) is 1. The lowest BCUT2D eigenvalue weighted by atomic mass is 10.2. The van der Waals surface area contributed by atoms with E-state index in [0.29, 0.717) is 26.3 Å². The van der Waals surface area contributed by atoms with Crippen molar-refractivity contribution < 1.29 is 28.5 Å². The summed E-state index contributed by atoms with van der Waals surface area (Å²) in [5.41, 5.74) is -0.566. The molecule has 2 fully saturated rings. The number of nitrogens with zero attached hydrogens (tertiary/aromatic N) is 1. The van der Waals surface area contributed by atoms with Crippen molar-refractivity contribution in [1.82, 2.24) is 10.2 Å². The Hall–Kier alpha value is -1.38. The average molecular weight is 344 g/mol. The van der Waals surface area contributed by atoms with Gasteiger partial charge in [0.05, 0.1) is 25.9 Å². The molecule has 0 spiro atoms. The number of carbonyl (C=O) groups is 2. The molecule has 8 nitrogen and oxygen atoms in total. The molecule has 2 atom stereocenters. The van der Waals surface area contributed by atoms with Gasteiger partial charge in [-0.05, 0) is 34.6 Å². The highest BCUT2D eigenvalue weighted by atomic mass is 16.7. The first-order chi connectivity index (χ1) is 11.1. The molecule has 2 heterocycles. The largest absolute Gasteiger partial charge is 0.444 e. The number of carbonyl (C=O) groups excluding carboxylic acids is 2. The Bertz CT molecular complexity index is 474. The summed E-state index contributed by atoms with van der Waals surface area (Å²) in [5, 5.41) is 2.87. The van der Waals surface area contributed by atoms with Crippen molar-refractivity contribution >= 4 is 12.0 Å². The molecule has 8 heteroatoms. The van der Waals surface area contributed by atoms with Gasteiger partial charge < -0.3 is 29.2 Å². The average Bonchev–Trinajstić information content (AvgIpc) is 2.66. The zero-order valence-corrected chi connectivity index (χ0v) is 15.1. The predicted molar refractivity (Wildman–Crippen MR) is 85.5 cm³/mol. The van der Waals surface area contributed by atoms with Crippen molar-refractivity contribution in [1.29, 1.82) is 0 Å². The van der Waals surface area contributed by atoms with Crippen molar-refractivity contribution in [3.05, 3.63) is 0 Å². The van der Waals surface area contributed by atoms with E-state index in [2.05, 4.69) is 5.32 Å². The number of hydrogen-bond acceptors (Lipinski definition) is 6. The van der Waals surface area contributed by atoms with Crippen LogP contribution in [0, 0.1) is 0 Å². The normalized spacial score (nSPS) is 27.5. The standard InChI is InChI=1S/C16H28N2O6/c1-15(2,3)24-14(20)18-6-7-21-9-11(8-18)17-13(19)12-10-22-16(4,5)23-12/h11-12H,6-10H2,1-5H3,(H,17,19). The fourth-order valence-electron chi connectivity index (χ4n) is 2.50. The van der Waals surface area contributed by atoms with Crippen LogP contribution in [0.25, 0.3) is 0 Å². The van der Waals surface area contributed by atoms with Gasteiger partial charge in [-0.25, -0.2) is 4.79 Å². The summed E-state index contributed by atoms with van der Waals surface area (Å²) in [7, 11) is 0. The maximum Gasteiger partial charge on any atom is 0.410 e. The highest BCUT2D eigenvalue weighted by Gasteiger charge is 2.38. The van der Waals surface area contributed by atoms with Crippen LogP contribution in [-0.4, -0.2) is 73.3 Å². The zero-order valence-electron chi connectivity index (χ0n) is 15.1. The lowest BCUT2D eigenvalue weighted by molar-refractivity contribution is -0.154. The topological polar surface area (TPSA) is 86.3 Å². The Kier molecular flexibility index (Phi) is 5.72. The maximum atomic E-state index is 12.3. The second-order valence-corrected chi connectivity index (χ2v) is 7.52. The summed E-state index contributed by atoms with van der Waals surface area (Å²) in [5.74, 6) is -1.02. The van der Waals surface area contributed by atoms with Gasteiger partial charge in [-0.15, -0.1) is 0 Å². The molecule has 0 aliphatic carbocycles. The molecule has 24 heavy (non-hydrogen) atoms. The van der Waals surface area contributed by atoms with Gasteiger partial charge in [0.1, 0.15) is 5.60 Å².